The van der Waals surface area contributed by atoms with Crippen molar-refractivity contribution in [1.29, 1.82) is 0 Å². The molecule has 0 saturated heterocycles. The first-order valence-electron chi connectivity index (χ1n) is 10.7. The molecule has 0 fully saturated rings. The van der Waals surface area contributed by atoms with Crippen LogP contribution in [0.3, 0.4) is 0 Å². The molecule has 1 N–H and O–H groups in total. The van der Waals surface area contributed by atoms with Gasteiger partial charge in [-0.3, -0.25) is 0 Å². The number of hydrogen-bond acceptors (Lipinski definition) is 2. The third-order valence-corrected chi connectivity index (χ3v) is 7.90. The minimum Gasteiger partial charge on any atom is -0.311 e. The van der Waals surface area contributed by atoms with Crippen molar-refractivity contribution in [3.05, 3.63) is 69.3 Å². The SMILES string of the molecule is CC(C)[C@@H]1c2cccn2-c2sc3c(c2CN1C(=O)Nc1ccccc1Cl)CCCC3. The number of amides is 2. The van der Waals surface area contributed by atoms with Gasteiger partial charge in [0.15, 0.2) is 0 Å². The summed E-state index contributed by atoms with van der Waals surface area (Å²) in [6.07, 6.45) is 6.92. The lowest BCUT2D eigenvalue weighted by Gasteiger charge is -2.33. The van der Waals surface area contributed by atoms with E-state index in [2.05, 4.69) is 42.1 Å². The van der Waals surface area contributed by atoms with E-state index < -0.39 is 0 Å². The molecule has 1 atom stereocenters. The molecule has 0 spiro atoms. The van der Waals surface area contributed by atoms with E-state index in [0.717, 1.165) is 12.8 Å². The van der Waals surface area contributed by atoms with Crippen molar-refractivity contribution in [3.8, 4) is 5.00 Å². The maximum absolute atomic E-state index is 13.6. The smallest absolute Gasteiger partial charge is 0.311 e. The van der Waals surface area contributed by atoms with Crippen molar-refractivity contribution < 1.29 is 4.79 Å². The van der Waals surface area contributed by atoms with E-state index in [0.29, 0.717) is 17.3 Å². The maximum atomic E-state index is 13.6. The first kappa shape index (κ1) is 19.7. The van der Waals surface area contributed by atoms with E-state index >= 15 is 0 Å². The van der Waals surface area contributed by atoms with Crippen LogP contribution < -0.4 is 5.32 Å². The molecule has 4 nitrogen and oxygen atoms in total. The number of carbonyl (C=O) groups is 1. The number of nitrogens with one attached hydrogen (secondary N) is 1. The van der Waals surface area contributed by atoms with Gasteiger partial charge in [0.2, 0.25) is 0 Å². The molecule has 3 aromatic rings. The number of benzene rings is 1. The number of anilines is 1. The fraction of sp³-hybridized carbons (Fsp3) is 0.375. The molecular weight excluding hydrogens is 414 g/mol. The zero-order chi connectivity index (χ0) is 20.8. The molecule has 2 aromatic heterocycles. The predicted molar refractivity (Wildman–Crippen MR) is 124 cm³/mol. The first-order valence-corrected chi connectivity index (χ1v) is 11.9. The van der Waals surface area contributed by atoms with E-state index in [4.69, 9.17) is 11.6 Å². The van der Waals surface area contributed by atoms with Crippen LogP contribution in [0.5, 0.6) is 0 Å². The summed E-state index contributed by atoms with van der Waals surface area (Å²) in [5.74, 6) is 0.278. The summed E-state index contributed by atoms with van der Waals surface area (Å²) in [6.45, 7) is 5.00. The molecule has 0 saturated carbocycles. The van der Waals surface area contributed by atoms with Crippen molar-refractivity contribution in [2.45, 2.75) is 52.1 Å². The second-order valence-electron chi connectivity index (χ2n) is 8.52. The molecule has 0 unspecified atom stereocenters. The van der Waals surface area contributed by atoms with Crippen molar-refractivity contribution in [2.75, 3.05) is 5.32 Å². The molecular formula is C24H26ClN3OS. The first-order chi connectivity index (χ1) is 14.5. The number of aryl methyl sites for hydroxylation is 1. The average Bonchev–Trinajstić information content (AvgIpc) is 3.31. The lowest BCUT2D eigenvalue weighted by Crippen LogP contribution is -2.39. The minimum atomic E-state index is -0.0989. The third-order valence-electron chi connectivity index (χ3n) is 6.23. The molecule has 0 bridgehead atoms. The average molecular weight is 440 g/mol. The number of urea groups is 1. The van der Waals surface area contributed by atoms with Crippen molar-refractivity contribution >= 4 is 34.7 Å². The second-order valence-corrected chi connectivity index (χ2v) is 10.0. The van der Waals surface area contributed by atoms with Crippen molar-refractivity contribution in [1.82, 2.24) is 9.47 Å². The molecule has 2 amide bonds. The zero-order valence-electron chi connectivity index (χ0n) is 17.3. The van der Waals surface area contributed by atoms with Crippen LogP contribution in [0.1, 0.15) is 54.4 Å². The van der Waals surface area contributed by atoms with Gasteiger partial charge in [-0.15, -0.1) is 11.3 Å². The van der Waals surface area contributed by atoms with E-state index in [1.807, 2.05) is 34.4 Å². The van der Waals surface area contributed by atoms with E-state index in [1.165, 1.54) is 39.5 Å². The normalized spacial score (nSPS) is 17.9. The zero-order valence-corrected chi connectivity index (χ0v) is 18.9. The number of rotatable bonds is 2. The highest BCUT2D eigenvalue weighted by Crippen LogP contribution is 2.44. The quantitative estimate of drug-likeness (QED) is 0.467. The summed E-state index contributed by atoms with van der Waals surface area (Å²) in [7, 11) is 0. The lowest BCUT2D eigenvalue weighted by atomic mass is 9.94. The molecule has 2 aliphatic rings. The maximum Gasteiger partial charge on any atom is 0.322 e. The Labute approximate surface area is 186 Å². The van der Waals surface area contributed by atoms with Crippen LogP contribution in [0.4, 0.5) is 10.5 Å². The van der Waals surface area contributed by atoms with Gasteiger partial charge in [-0.1, -0.05) is 37.6 Å². The number of thiophene rings is 1. The van der Waals surface area contributed by atoms with Gasteiger partial charge in [0.05, 0.1) is 23.3 Å². The predicted octanol–water partition coefficient (Wildman–Crippen LogP) is 6.82. The number of para-hydroxylation sites is 1. The standard InChI is InChI=1S/C24H26ClN3OS/c1-15(2)22-20-11-7-13-27(20)23-17(16-8-3-6-12-21(16)30-23)14-28(22)24(29)26-19-10-5-4-9-18(19)25/h4-5,7,9-11,13,15,22H,3,6,8,12,14H2,1-2H3,(H,26,29)/t22-/m1/s1. The largest absolute Gasteiger partial charge is 0.322 e. The van der Waals surface area contributed by atoms with Gasteiger partial charge in [-0.25, -0.2) is 4.79 Å². The Morgan fingerprint density at radius 1 is 1.13 bits per heavy atom. The van der Waals surface area contributed by atoms with Gasteiger partial charge in [0.25, 0.3) is 0 Å². The van der Waals surface area contributed by atoms with Gasteiger partial charge in [-0.05, 0) is 61.4 Å². The van der Waals surface area contributed by atoms with Crippen LogP contribution in [0.25, 0.3) is 5.00 Å². The van der Waals surface area contributed by atoms with Gasteiger partial charge in [0.1, 0.15) is 5.00 Å². The number of hydrogen-bond donors (Lipinski definition) is 1. The van der Waals surface area contributed by atoms with Crippen LogP contribution in [0, 0.1) is 5.92 Å². The summed E-state index contributed by atoms with van der Waals surface area (Å²) < 4.78 is 2.33. The van der Waals surface area contributed by atoms with Gasteiger partial charge in [-0.2, -0.15) is 0 Å². The summed E-state index contributed by atoms with van der Waals surface area (Å²) in [6, 6.07) is 11.6. The summed E-state index contributed by atoms with van der Waals surface area (Å²) in [4.78, 5) is 17.1. The van der Waals surface area contributed by atoms with Crippen LogP contribution in [0.15, 0.2) is 42.6 Å². The summed E-state index contributed by atoms with van der Waals surface area (Å²) in [5, 5.41) is 4.91. The van der Waals surface area contributed by atoms with E-state index in [1.54, 1.807) is 6.07 Å². The molecule has 1 aromatic carbocycles. The molecule has 1 aliphatic carbocycles. The summed E-state index contributed by atoms with van der Waals surface area (Å²) in [5.41, 5.74) is 4.63. The monoisotopic (exact) mass is 439 g/mol. The van der Waals surface area contributed by atoms with Gasteiger partial charge >= 0.3 is 6.03 Å². The van der Waals surface area contributed by atoms with E-state index in [-0.39, 0.29) is 18.0 Å². The Kier molecular flexibility index (Phi) is 5.11. The Morgan fingerprint density at radius 3 is 2.73 bits per heavy atom. The fourth-order valence-electron chi connectivity index (χ4n) is 4.87. The molecule has 1 aliphatic heterocycles. The topological polar surface area (TPSA) is 37.3 Å². The molecule has 156 valence electrons. The Morgan fingerprint density at radius 2 is 1.93 bits per heavy atom. The van der Waals surface area contributed by atoms with Gasteiger partial charge < -0.3 is 14.8 Å². The van der Waals surface area contributed by atoms with Crippen LogP contribution in [0.2, 0.25) is 5.02 Å². The fourth-order valence-corrected chi connectivity index (χ4v) is 6.46. The number of nitrogens with zero attached hydrogens (tertiary/aromatic N) is 2. The van der Waals surface area contributed by atoms with E-state index in [9.17, 15) is 4.79 Å². The molecule has 30 heavy (non-hydrogen) atoms. The molecule has 3 heterocycles. The number of carbonyl (C=O) groups excluding carboxylic acids is 1. The summed E-state index contributed by atoms with van der Waals surface area (Å²) >= 11 is 8.24. The highest BCUT2D eigenvalue weighted by molar-refractivity contribution is 7.15. The molecule has 0 radical (unpaired) electrons. The highest BCUT2D eigenvalue weighted by atomic mass is 35.5. The van der Waals surface area contributed by atoms with Crippen LogP contribution >= 0.6 is 22.9 Å². The van der Waals surface area contributed by atoms with Gasteiger partial charge in [0, 0.05) is 22.3 Å². The number of fused-ring (bicyclic) bond motifs is 5. The number of aromatic nitrogens is 1. The lowest BCUT2D eigenvalue weighted by molar-refractivity contribution is 0.161. The third kappa shape index (κ3) is 3.25. The Hall–Kier alpha value is -2.24. The number of halogens is 1. The van der Waals surface area contributed by atoms with Crippen molar-refractivity contribution in [2.24, 2.45) is 5.92 Å². The molecule has 5 rings (SSSR count). The van der Waals surface area contributed by atoms with Crippen LogP contribution in [-0.2, 0) is 19.4 Å². The molecule has 6 heteroatoms. The van der Waals surface area contributed by atoms with Crippen molar-refractivity contribution in [3.63, 3.8) is 0 Å². The second kappa shape index (κ2) is 7.78. The van der Waals surface area contributed by atoms with Crippen LogP contribution in [-0.4, -0.2) is 15.5 Å². The minimum absolute atomic E-state index is 0.0127. The Bertz CT molecular complexity index is 1100. The Balaban J connectivity index is 1.61. The highest BCUT2D eigenvalue weighted by Gasteiger charge is 2.36.